The van der Waals surface area contributed by atoms with E-state index in [1.54, 1.807) is 0 Å². The fourth-order valence-electron chi connectivity index (χ4n) is 1.58. The predicted octanol–water partition coefficient (Wildman–Crippen LogP) is -0.0850. The zero-order chi connectivity index (χ0) is 11.8. The Labute approximate surface area is 88.6 Å². The van der Waals surface area contributed by atoms with E-state index in [-0.39, 0.29) is 5.76 Å². The molecule has 3 unspecified atom stereocenters. The second kappa shape index (κ2) is 4.00. The molecule has 0 bridgehead atoms. The van der Waals surface area contributed by atoms with Gasteiger partial charge in [0.1, 0.15) is 24.9 Å². The van der Waals surface area contributed by atoms with Crippen LogP contribution in [0.15, 0.2) is 11.5 Å². The highest BCUT2D eigenvalue weighted by Gasteiger charge is 2.43. The number of rotatable bonds is 1. The molecule has 0 amide bonds. The summed E-state index contributed by atoms with van der Waals surface area (Å²) >= 11 is 0. The minimum Gasteiger partial charge on any atom is -0.506 e. The Kier molecular flexibility index (Phi) is 3.28. The van der Waals surface area contributed by atoms with Crippen LogP contribution in [0.25, 0.3) is 0 Å². The molecule has 0 aromatic heterocycles. The van der Waals surface area contributed by atoms with Gasteiger partial charge in [0, 0.05) is 5.41 Å². The molecule has 5 nitrogen and oxygen atoms in total. The molecule has 0 aromatic carbocycles. The lowest BCUT2D eigenvalue weighted by Crippen LogP contribution is -2.50. The summed E-state index contributed by atoms with van der Waals surface area (Å²) < 4.78 is 5.26. The smallest absolute Gasteiger partial charge is 0.164 e. The highest BCUT2D eigenvalue weighted by Crippen LogP contribution is 2.33. The normalized spacial score (nSPS) is 32.8. The van der Waals surface area contributed by atoms with Crippen LogP contribution in [0.4, 0.5) is 0 Å². The zero-order valence-corrected chi connectivity index (χ0v) is 9.14. The van der Waals surface area contributed by atoms with Crippen LogP contribution in [0.5, 0.6) is 0 Å². The van der Waals surface area contributed by atoms with E-state index in [2.05, 4.69) is 0 Å². The van der Waals surface area contributed by atoms with Gasteiger partial charge < -0.3 is 25.2 Å². The van der Waals surface area contributed by atoms with Gasteiger partial charge in [-0.25, -0.2) is 0 Å². The Hall–Kier alpha value is -0.780. The third-order valence-electron chi connectivity index (χ3n) is 2.47. The fraction of sp³-hybridized carbons (Fsp3) is 0.800. The molecule has 1 heterocycles. The Balaban J connectivity index is 3.00. The topological polar surface area (TPSA) is 90.2 Å². The summed E-state index contributed by atoms with van der Waals surface area (Å²) in [4.78, 5) is 0. The van der Waals surface area contributed by atoms with Crippen LogP contribution >= 0.6 is 0 Å². The molecule has 1 aliphatic rings. The van der Waals surface area contributed by atoms with Gasteiger partial charge in [-0.1, -0.05) is 20.8 Å². The lowest BCUT2D eigenvalue weighted by Gasteiger charge is -2.40. The van der Waals surface area contributed by atoms with E-state index in [1.807, 2.05) is 20.8 Å². The van der Waals surface area contributed by atoms with Gasteiger partial charge in [0.25, 0.3) is 0 Å². The van der Waals surface area contributed by atoms with Crippen LogP contribution in [0.2, 0.25) is 0 Å². The molecule has 1 aliphatic heterocycles. The maximum atomic E-state index is 9.71. The van der Waals surface area contributed by atoms with Crippen molar-refractivity contribution in [1.82, 2.24) is 0 Å². The van der Waals surface area contributed by atoms with Gasteiger partial charge in [0.05, 0.1) is 0 Å². The van der Waals surface area contributed by atoms with Gasteiger partial charge in [0.15, 0.2) is 11.5 Å². The Bertz CT molecular complexity index is 265. The van der Waals surface area contributed by atoms with Crippen molar-refractivity contribution in [3.8, 4) is 0 Å². The number of hydrogen-bond acceptors (Lipinski definition) is 5. The number of aliphatic hydroxyl groups is 4. The molecule has 3 atom stereocenters. The highest BCUT2D eigenvalue weighted by molar-refractivity contribution is 5.14. The lowest BCUT2D eigenvalue weighted by atomic mass is 9.82. The number of ether oxygens (including phenoxy) is 1. The van der Waals surface area contributed by atoms with E-state index in [0.717, 1.165) is 0 Å². The number of hydrogen-bond donors (Lipinski definition) is 4. The van der Waals surface area contributed by atoms with Crippen molar-refractivity contribution in [3.05, 3.63) is 11.5 Å². The summed E-state index contributed by atoms with van der Waals surface area (Å²) in [5.74, 6) is -0.571. The molecule has 0 radical (unpaired) electrons. The molecule has 4 N–H and O–H groups in total. The van der Waals surface area contributed by atoms with Gasteiger partial charge in [-0.3, -0.25) is 0 Å². The van der Waals surface area contributed by atoms with Crippen LogP contribution in [0.3, 0.4) is 0 Å². The first-order valence-corrected chi connectivity index (χ1v) is 4.84. The third-order valence-corrected chi connectivity index (χ3v) is 2.47. The van der Waals surface area contributed by atoms with Crippen molar-refractivity contribution in [2.75, 3.05) is 6.61 Å². The standard InChI is InChI=1S/C10H18O5/c1-10(2,3)9-8(14)7(13)6(12)5(4-11)15-9/h7-9,11-14H,4H2,1-3H3. The second-order valence-corrected chi connectivity index (χ2v) is 4.81. The van der Waals surface area contributed by atoms with E-state index >= 15 is 0 Å². The lowest BCUT2D eigenvalue weighted by molar-refractivity contribution is -0.137. The van der Waals surface area contributed by atoms with Crippen molar-refractivity contribution >= 4 is 0 Å². The van der Waals surface area contributed by atoms with E-state index < -0.39 is 36.1 Å². The summed E-state index contributed by atoms with van der Waals surface area (Å²) in [5, 5.41) is 37.5. The monoisotopic (exact) mass is 218 g/mol. The first kappa shape index (κ1) is 12.3. The zero-order valence-electron chi connectivity index (χ0n) is 9.14. The molecule has 0 saturated carbocycles. The predicted molar refractivity (Wildman–Crippen MR) is 53.1 cm³/mol. The average Bonchev–Trinajstić information content (AvgIpc) is 2.13. The Morgan fingerprint density at radius 1 is 1.27 bits per heavy atom. The third kappa shape index (κ3) is 2.25. The molecule has 1 rings (SSSR count). The van der Waals surface area contributed by atoms with Gasteiger partial charge in [0.2, 0.25) is 0 Å². The van der Waals surface area contributed by atoms with Gasteiger partial charge in [-0.15, -0.1) is 0 Å². The molecule has 88 valence electrons. The van der Waals surface area contributed by atoms with Crippen LogP contribution in [-0.4, -0.2) is 45.3 Å². The largest absolute Gasteiger partial charge is 0.506 e. The van der Waals surface area contributed by atoms with Crippen molar-refractivity contribution in [3.63, 3.8) is 0 Å². The Morgan fingerprint density at radius 2 is 1.80 bits per heavy atom. The SMILES string of the molecule is CC(C)(C)C1OC(CO)=C(O)C(O)C1O. The van der Waals surface area contributed by atoms with E-state index in [9.17, 15) is 15.3 Å². The maximum Gasteiger partial charge on any atom is 0.164 e. The van der Waals surface area contributed by atoms with E-state index in [1.165, 1.54) is 0 Å². The molecule has 0 fully saturated rings. The van der Waals surface area contributed by atoms with Crippen LogP contribution in [-0.2, 0) is 4.74 Å². The summed E-state index contributed by atoms with van der Waals surface area (Å²) in [7, 11) is 0. The van der Waals surface area contributed by atoms with Crippen LogP contribution < -0.4 is 0 Å². The molecule has 0 aromatic rings. The van der Waals surface area contributed by atoms with Crippen molar-refractivity contribution in [1.29, 1.82) is 0 Å². The highest BCUT2D eigenvalue weighted by atomic mass is 16.5. The van der Waals surface area contributed by atoms with Crippen molar-refractivity contribution in [2.24, 2.45) is 5.41 Å². The molecular weight excluding hydrogens is 200 g/mol. The maximum absolute atomic E-state index is 9.71. The molecule has 0 aliphatic carbocycles. The van der Waals surface area contributed by atoms with Gasteiger partial charge >= 0.3 is 0 Å². The van der Waals surface area contributed by atoms with Gasteiger partial charge in [-0.2, -0.15) is 0 Å². The van der Waals surface area contributed by atoms with E-state index in [4.69, 9.17) is 9.84 Å². The first-order chi connectivity index (χ1) is 6.79. The molecule has 5 heteroatoms. The summed E-state index contributed by atoms with van der Waals surface area (Å²) in [6.45, 7) is 5.02. The fourth-order valence-corrected chi connectivity index (χ4v) is 1.58. The van der Waals surface area contributed by atoms with Crippen LogP contribution in [0, 0.1) is 5.41 Å². The van der Waals surface area contributed by atoms with Gasteiger partial charge in [-0.05, 0) is 0 Å². The first-order valence-electron chi connectivity index (χ1n) is 4.84. The molecular formula is C10H18O5. The van der Waals surface area contributed by atoms with Crippen LogP contribution in [0.1, 0.15) is 20.8 Å². The number of aliphatic hydroxyl groups excluding tert-OH is 4. The van der Waals surface area contributed by atoms with Crippen molar-refractivity contribution in [2.45, 2.75) is 39.1 Å². The molecule has 0 spiro atoms. The quantitative estimate of drug-likeness (QED) is 0.494. The summed E-state index contributed by atoms with van der Waals surface area (Å²) in [5.41, 5.74) is -0.401. The molecule has 15 heavy (non-hydrogen) atoms. The van der Waals surface area contributed by atoms with Crippen molar-refractivity contribution < 1.29 is 25.2 Å². The molecule has 0 saturated heterocycles. The average molecular weight is 218 g/mol. The summed E-state index contributed by atoms with van der Waals surface area (Å²) in [6, 6.07) is 0. The summed E-state index contributed by atoms with van der Waals surface area (Å²) in [6.07, 6.45) is -3.25. The van der Waals surface area contributed by atoms with E-state index in [0.29, 0.717) is 0 Å². The second-order valence-electron chi connectivity index (χ2n) is 4.81. The minimum atomic E-state index is -1.40. The minimum absolute atomic E-state index is 0.0762. The Morgan fingerprint density at radius 3 is 2.20 bits per heavy atom.